The Hall–Kier alpha value is -2.01. The number of hydrogen-bond acceptors (Lipinski definition) is 4. The summed E-state index contributed by atoms with van der Waals surface area (Å²) < 4.78 is 5.92. The van der Waals surface area contributed by atoms with Crippen LogP contribution in [0.3, 0.4) is 0 Å². The number of carbonyl (C=O) groups excluding carboxylic acids is 1. The summed E-state index contributed by atoms with van der Waals surface area (Å²) in [5, 5.41) is 14.6. The Morgan fingerprint density at radius 1 is 1.21 bits per heavy atom. The summed E-state index contributed by atoms with van der Waals surface area (Å²) in [6, 6.07) is 3.71. The normalized spacial score (nSPS) is 21.9. The van der Waals surface area contributed by atoms with Crippen molar-refractivity contribution in [3.63, 3.8) is 0 Å². The molecule has 152 valence electrons. The predicted octanol–water partition coefficient (Wildman–Crippen LogP) is 4.74. The van der Waals surface area contributed by atoms with Crippen LogP contribution in [0.5, 0.6) is 5.75 Å². The van der Waals surface area contributed by atoms with Crippen LogP contribution in [0.25, 0.3) is 11.0 Å². The Bertz CT molecular complexity index is 851. The molecule has 1 aliphatic carbocycles. The van der Waals surface area contributed by atoms with Gasteiger partial charge in [-0.1, -0.05) is 26.2 Å². The van der Waals surface area contributed by atoms with Gasteiger partial charge in [0.25, 0.3) is 5.91 Å². The van der Waals surface area contributed by atoms with Crippen LogP contribution in [-0.2, 0) is 6.54 Å². The standard InChI is InChI=1S/C23H32N2O3/c1-15-7-6-12-25(13-15)14-18-19(26)10-11-20-22(18)21(16(2)28-20)23(27)24-17-8-4-3-5-9-17/h10-11,15,17,26H,3-9,12-14H2,1-2H3,(H,24,27)/t15-/m1/s1. The first kappa shape index (κ1) is 19.3. The zero-order chi connectivity index (χ0) is 19.7. The summed E-state index contributed by atoms with van der Waals surface area (Å²) in [7, 11) is 0. The molecule has 0 unspecified atom stereocenters. The number of fused-ring (bicyclic) bond motifs is 1. The summed E-state index contributed by atoms with van der Waals surface area (Å²) in [6.45, 7) is 6.82. The zero-order valence-electron chi connectivity index (χ0n) is 17.1. The Morgan fingerprint density at radius 3 is 2.75 bits per heavy atom. The smallest absolute Gasteiger partial charge is 0.255 e. The van der Waals surface area contributed by atoms with Gasteiger partial charge in [-0.15, -0.1) is 0 Å². The average molecular weight is 385 g/mol. The highest BCUT2D eigenvalue weighted by molar-refractivity contribution is 6.09. The third-order valence-electron chi connectivity index (χ3n) is 6.41. The van der Waals surface area contributed by atoms with E-state index in [1.807, 2.05) is 6.92 Å². The van der Waals surface area contributed by atoms with E-state index in [0.29, 0.717) is 29.4 Å². The van der Waals surface area contributed by atoms with Gasteiger partial charge in [-0.05, 0) is 57.2 Å². The summed E-state index contributed by atoms with van der Waals surface area (Å²) >= 11 is 0. The van der Waals surface area contributed by atoms with Crippen LogP contribution in [0.15, 0.2) is 16.5 Å². The second-order valence-corrected chi connectivity index (χ2v) is 8.76. The molecule has 1 aliphatic heterocycles. The zero-order valence-corrected chi connectivity index (χ0v) is 17.1. The van der Waals surface area contributed by atoms with Crippen LogP contribution in [-0.4, -0.2) is 35.0 Å². The lowest BCUT2D eigenvalue weighted by Crippen LogP contribution is -2.36. The molecule has 1 amide bonds. The fourth-order valence-corrected chi connectivity index (χ4v) is 4.96. The highest BCUT2D eigenvalue weighted by Crippen LogP contribution is 2.35. The maximum absolute atomic E-state index is 13.2. The van der Waals surface area contributed by atoms with E-state index in [2.05, 4.69) is 17.1 Å². The van der Waals surface area contributed by atoms with E-state index in [9.17, 15) is 9.90 Å². The van der Waals surface area contributed by atoms with Gasteiger partial charge in [-0.3, -0.25) is 9.69 Å². The molecule has 2 N–H and O–H groups in total. The van der Waals surface area contributed by atoms with E-state index >= 15 is 0 Å². The number of piperidine rings is 1. The first-order chi connectivity index (χ1) is 13.5. The number of benzene rings is 1. The van der Waals surface area contributed by atoms with Crippen LogP contribution < -0.4 is 5.32 Å². The Kier molecular flexibility index (Phi) is 5.63. The number of likely N-dealkylation sites (tertiary alicyclic amines) is 1. The molecule has 4 rings (SSSR count). The minimum atomic E-state index is -0.0676. The number of phenols is 1. The van der Waals surface area contributed by atoms with Gasteiger partial charge in [0.15, 0.2) is 0 Å². The third kappa shape index (κ3) is 3.90. The average Bonchev–Trinajstić information content (AvgIpc) is 3.01. The highest BCUT2D eigenvalue weighted by atomic mass is 16.3. The first-order valence-corrected chi connectivity index (χ1v) is 10.8. The number of aryl methyl sites for hydroxylation is 1. The Balaban J connectivity index is 1.67. The van der Waals surface area contributed by atoms with E-state index in [4.69, 9.17) is 4.42 Å². The molecule has 1 saturated carbocycles. The maximum atomic E-state index is 13.2. The Labute approximate surface area is 167 Å². The topological polar surface area (TPSA) is 65.7 Å². The van der Waals surface area contributed by atoms with Gasteiger partial charge in [-0.25, -0.2) is 0 Å². The van der Waals surface area contributed by atoms with Crippen LogP contribution in [0.4, 0.5) is 0 Å². The molecule has 1 atom stereocenters. The van der Waals surface area contributed by atoms with E-state index in [1.165, 1.54) is 32.1 Å². The number of nitrogens with zero attached hydrogens (tertiary/aromatic N) is 1. The van der Waals surface area contributed by atoms with Crippen LogP contribution in [0, 0.1) is 12.8 Å². The summed E-state index contributed by atoms with van der Waals surface area (Å²) in [6.07, 6.45) is 8.13. The lowest BCUT2D eigenvalue weighted by Gasteiger charge is -2.31. The van der Waals surface area contributed by atoms with Gasteiger partial charge in [0.2, 0.25) is 0 Å². The molecule has 2 aromatic rings. The molecular formula is C23H32N2O3. The number of rotatable bonds is 4. The van der Waals surface area contributed by atoms with Gasteiger partial charge >= 0.3 is 0 Å². The lowest BCUT2D eigenvalue weighted by atomic mass is 9.94. The summed E-state index contributed by atoms with van der Waals surface area (Å²) in [4.78, 5) is 15.5. The number of hydrogen-bond donors (Lipinski definition) is 2. The van der Waals surface area contributed by atoms with Crippen molar-refractivity contribution in [2.45, 2.75) is 71.4 Å². The third-order valence-corrected chi connectivity index (χ3v) is 6.41. The van der Waals surface area contributed by atoms with Crippen molar-refractivity contribution in [3.05, 3.63) is 29.0 Å². The second kappa shape index (κ2) is 8.16. The highest BCUT2D eigenvalue weighted by Gasteiger charge is 2.26. The number of aromatic hydroxyl groups is 1. The van der Waals surface area contributed by atoms with E-state index < -0.39 is 0 Å². The first-order valence-electron chi connectivity index (χ1n) is 10.8. The molecule has 0 bridgehead atoms. The number of phenolic OH excluding ortho intramolecular Hbond substituents is 1. The minimum Gasteiger partial charge on any atom is -0.508 e. The van der Waals surface area contributed by atoms with Gasteiger partial charge in [-0.2, -0.15) is 0 Å². The molecule has 0 radical (unpaired) electrons. The van der Waals surface area contributed by atoms with Crippen molar-refractivity contribution in [2.75, 3.05) is 13.1 Å². The lowest BCUT2D eigenvalue weighted by molar-refractivity contribution is 0.0927. The molecular weight excluding hydrogens is 352 g/mol. The van der Waals surface area contributed by atoms with Crippen LogP contribution >= 0.6 is 0 Å². The molecule has 2 aliphatic rings. The number of nitrogens with one attached hydrogen (secondary N) is 1. The molecule has 5 heteroatoms. The van der Waals surface area contributed by atoms with Gasteiger partial charge in [0.1, 0.15) is 17.1 Å². The van der Waals surface area contributed by atoms with Crippen molar-refractivity contribution in [1.82, 2.24) is 10.2 Å². The summed E-state index contributed by atoms with van der Waals surface area (Å²) in [5.41, 5.74) is 2.10. The minimum absolute atomic E-state index is 0.0676. The molecule has 0 spiro atoms. The molecule has 2 heterocycles. The van der Waals surface area contributed by atoms with E-state index in [1.54, 1.807) is 12.1 Å². The molecule has 2 fully saturated rings. The van der Waals surface area contributed by atoms with Crippen LogP contribution in [0.1, 0.15) is 73.6 Å². The monoisotopic (exact) mass is 384 g/mol. The van der Waals surface area contributed by atoms with Crippen molar-refractivity contribution in [1.29, 1.82) is 0 Å². The fourth-order valence-electron chi connectivity index (χ4n) is 4.96. The number of carbonyl (C=O) groups is 1. The van der Waals surface area contributed by atoms with E-state index in [0.717, 1.165) is 36.9 Å². The van der Waals surface area contributed by atoms with Crippen molar-refractivity contribution in [2.24, 2.45) is 5.92 Å². The largest absolute Gasteiger partial charge is 0.508 e. The fraction of sp³-hybridized carbons (Fsp3) is 0.609. The van der Waals surface area contributed by atoms with Gasteiger partial charge in [0, 0.05) is 30.1 Å². The molecule has 1 saturated heterocycles. The molecule has 5 nitrogen and oxygen atoms in total. The SMILES string of the molecule is Cc1oc2ccc(O)c(CN3CCC[C@@H](C)C3)c2c1C(=O)NC1CCCCC1. The molecule has 28 heavy (non-hydrogen) atoms. The summed E-state index contributed by atoms with van der Waals surface area (Å²) in [5.74, 6) is 1.47. The van der Waals surface area contributed by atoms with Crippen molar-refractivity contribution < 1.29 is 14.3 Å². The van der Waals surface area contributed by atoms with Gasteiger partial charge in [0.05, 0.1) is 5.56 Å². The van der Waals surface area contributed by atoms with E-state index in [-0.39, 0.29) is 17.7 Å². The quantitative estimate of drug-likeness (QED) is 0.799. The molecule has 1 aromatic heterocycles. The van der Waals surface area contributed by atoms with Crippen LogP contribution in [0.2, 0.25) is 0 Å². The van der Waals surface area contributed by atoms with Crippen molar-refractivity contribution in [3.8, 4) is 5.75 Å². The Morgan fingerprint density at radius 2 is 2.00 bits per heavy atom. The molecule has 1 aromatic carbocycles. The maximum Gasteiger partial charge on any atom is 0.255 e. The number of amides is 1. The predicted molar refractivity (Wildman–Crippen MR) is 111 cm³/mol. The second-order valence-electron chi connectivity index (χ2n) is 8.76. The number of furan rings is 1. The van der Waals surface area contributed by atoms with Crippen molar-refractivity contribution >= 4 is 16.9 Å². The van der Waals surface area contributed by atoms with Gasteiger partial charge < -0.3 is 14.8 Å².